The average Bonchev–Trinajstić information content (AvgIpc) is 2.68. The van der Waals surface area contributed by atoms with Crippen LogP contribution in [0.3, 0.4) is 0 Å². The van der Waals surface area contributed by atoms with Crippen LogP contribution in [0, 0.1) is 11.8 Å². The van der Waals surface area contributed by atoms with Gasteiger partial charge in [-0.3, -0.25) is 4.79 Å². The van der Waals surface area contributed by atoms with E-state index in [2.05, 4.69) is 28.7 Å². The predicted molar refractivity (Wildman–Crippen MR) is 112 cm³/mol. The highest BCUT2D eigenvalue weighted by Gasteiger charge is 2.04. The molecule has 0 spiro atoms. The van der Waals surface area contributed by atoms with Gasteiger partial charge in [-0.15, -0.1) is 0 Å². The van der Waals surface area contributed by atoms with Crippen molar-refractivity contribution in [3.8, 4) is 11.8 Å². The van der Waals surface area contributed by atoms with E-state index in [4.69, 9.17) is 22.1 Å². The molecule has 0 aliphatic carbocycles. The molecule has 1 amide bonds. The number of hydrogen-bond acceptors (Lipinski definition) is 4. The maximum atomic E-state index is 12.0. The molecule has 0 saturated carbocycles. The lowest BCUT2D eigenvalue weighted by atomic mass is 10.1. The minimum atomic E-state index is -0.136. The van der Waals surface area contributed by atoms with Crippen molar-refractivity contribution in [3.63, 3.8) is 0 Å². The second kappa shape index (κ2) is 12.5. The SMILES string of the molecule is C=C(C=N/C(N)=C(\Cl)C#Cc1ccc(C(=O)NCCCOC)cc1)/C=C\C. The molecule has 1 aromatic rings. The minimum Gasteiger partial charge on any atom is -0.385 e. The largest absolute Gasteiger partial charge is 0.385 e. The smallest absolute Gasteiger partial charge is 0.251 e. The Labute approximate surface area is 165 Å². The fourth-order valence-electron chi connectivity index (χ4n) is 1.88. The van der Waals surface area contributed by atoms with E-state index in [9.17, 15) is 4.79 Å². The van der Waals surface area contributed by atoms with Crippen LogP contribution in [0.1, 0.15) is 29.3 Å². The zero-order chi connectivity index (χ0) is 20.1. The fraction of sp³-hybridized carbons (Fsp3) is 0.238. The second-order valence-electron chi connectivity index (χ2n) is 5.46. The van der Waals surface area contributed by atoms with Crippen molar-refractivity contribution >= 4 is 23.7 Å². The van der Waals surface area contributed by atoms with Crippen LogP contribution < -0.4 is 11.1 Å². The van der Waals surface area contributed by atoms with Crippen molar-refractivity contribution in [2.75, 3.05) is 20.3 Å². The Hall–Kier alpha value is -2.81. The first-order chi connectivity index (χ1) is 13.0. The summed E-state index contributed by atoms with van der Waals surface area (Å²) >= 11 is 6.05. The first-order valence-corrected chi connectivity index (χ1v) is 8.75. The van der Waals surface area contributed by atoms with Crippen LogP contribution in [0.2, 0.25) is 0 Å². The lowest BCUT2D eigenvalue weighted by Gasteiger charge is -2.04. The van der Waals surface area contributed by atoms with E-state index in [1.165, 1.54) is 6.21 Å². The highest BCUT2D eigenvalue weighted by Crippen LogP contribution is 2.07. The summed E-state index contributed by atoms with van der Waals surface area (Å²) in [6.45, 7) is 6.84. The Morgan fingerprint density at radius 2 is 2.11 bits per heavy atom. The van der Waals surface area contributed by atoms with Gasteiger partial charge in [0.15, 0.2) is 5.82 Å². The second-order valence-corrected chi connectivity index (χ2v) is 5.84. The molecule has 0 bridgehead atoms. The summed E-state index contributed by atoms with van der Waals surface area (Å²) in [6.07, 6.45) is 5.92. The summed E-state index contributed by atoms with van der Waals surface area (Å²) in [7, 11) is 1.63. The van der Waals surface area contributed by atoms with Crippen LogP contribution in [0.15, 0.2) is 64.4 Å². The third-order valence-electron chi connectivity index (χ3n) is 3.25. The number of benzene rings is 1. The first-order valence-electron chi connectivity index (χ1n) is 8.38. The predicted octanol–water partition coefficient (Wildman–Crippen LogP) is 3.37. The quantitative estimate of drug-likeness (QED) is 0.312. The summed E-state index contributed by atoms with van der Waals surface area (Å²) < 4.78 is 4.94. The van der Waals surface area contributed by atoms with Crippen molar-refractivity contribution in [1.82, 2.24) is 5.32 Å². The molecule has 0 atom stereocenters. The van der Waals surface area contributed by atoms with Gasteiger partial charge in [0.05, 0.1) is 0 Å². The van der Waals surface area contributed by atoms with Crippen LogP contribution in [-0.4, -0.2) is 32.4 Å². The highest BCUT2D eigenvalue weighted by molar-refractivity contribution is 6.32. The molecule has 1 aromatic carbocycles. The molecule has 6 heteroatoms. The number of halogens is 1. The summed E-state index contributed by atoms with van der Waals surface area (Å²) in [4.78, 5) is 16.0. The van der Waals surface area contributed by atoms with E-state index in [0.717, 1.165) is 6.42 Å². The van der Waals surface area contributed by atoms with Gasteiger partial charge in [-0.05, 0) is 49.1 Å². The number of allylic oxidation sites excluding steroid dienone is 4. The molecule has 0 aliphatic rings. The number of hydrogen-bond donors (Lipinski definition) is 2. The number of carbonyl (C=O) groups is 1. The van der Waals surface area contributed by atoms with Crippen molar-refractivity contribution in [2.24, 2.45) is 10.7 Å². The highest BCUT2D eigenvalue weighted by atomic mass is 35.5. The normalized spacial score (nSPS) is 11.8. The number of nitrogens with zero attached hydrogens (tertiary/aromatic N) is 1. The molecule has 27 heavy (non-hydrogen) atoms. The van der Waals surface area contributed by atoms with Gasteiger partial charge in [-0.1, -0.05) is 36.3 Å². The monoisotopic (exact) mass is 385 g/mol. The molecule has 3 N–H and O–H groups in total. The number of methoxy groups -OCH3 is 1. The number of nitrogens with two attached hydrogens (primary N) is 1. The number of ether oxygens (including phenoxy) is 1. The first kappa shape index (κ1) is 22.2. The van der Waals surface area contributed by atoms with E-state index in [-0.39, 0.29) is 16.8 Å². The maximum absolute atomic E-state index is 12.0. The summed E-state index contributed by atoms with van der Waals surface area (Å²) in [5.74, 6) is 5.61. The van der Waals surface area contributed by atoms with Crippen molar-refractivity contribution < 1.29 is 9.53 Å². The van der Waals surface area contributed by atoms with Gasteiger partial charge in [0, 0.05) is 37.6 Å². The van der Waals surface area contributed by atoms with E-state index in [1.807, 2.05) is 13.0 Å². The lowest BCUT2D eigenvalue weighted by molar-refractivity contribution is 0.0948. The fourth-order valence-corrected chi connectivity index (χ4v) is 1.98. The summed E-state index contributed by atoms with van der Waals surface area (Å²) in [5.41, 5.74) is 7.75. The number of carbonyl (C=O) groups excluding carboxylic acids is 1. The zero-order valence-electron chi connectivity index (χ0n) is 15.6. The molecule has 0 fully saturated rings. The van der Waals surface area contributed by atoms with Crippen LogP contribution in [-0.2, 0) is 4.74 Å². The van der Waals surface area contributed by atoms with Gasteiger partial charge in [0.25, 0.3) is 5.91 Å². The van der Waals surface area contributed by atoms with Crippen LogP contribution in [0.4, 0.5) is 0 Å². The third kappa shape index (κ3) is 8.91. The number of amides is 1. The molecule has 0 unspecified atom stereocenters. The van der Waals surface area contributed by atoms with E-state index < -0.39 is 0 Å². The molecule has 0 radical (unpaired) electrons. The Morgan fingerprint density at radius 3 is 2.74 bits per heavy atom. The summed E-state index contributed by atoms with van der Waals surface area (Å²) in [6, 6.07) is 6.90. The van der Waals surface area contributed by atoms with Crippen LogP contribution >= 0.6 is 11.6 Å². The molecule has 5 nitrogen and oxygen atoms in total. The number of rotatable bonds is 8. The molecule has 0 aromatic heterocycles. The number of aliphatic imine (C=N–C) groups is 1. The van der Waals surface area contributed by atoms with Crippen molar-refractivity contribution in [3.05, 3.63) is 70.5 Å². The van der Waals surface area contributed by atoms with Gasteiger partial charge in [-0.25, -0.2) is 4.99 Å². The summed E-state index contributed by atoms with van der Waals surface area (Å²) in [5, 5.41) is 2.96. The lowest BCUT2D eigenvalue weighted by Crippen LogP contribution is -2.25. The Bertz CT molecular complexity index is 797. The molecule has 1 rings (SSSR count). The Morgan fingerprint density at radius 1 is 1.41 bits per heavy atom. The molecule has 142 valence electrons. The van der Waals surface area contributed by atoms with Gasteiger partial charge >= 0.3 is 0 Å². The van der Waals surface area contributed by atoms with Gasteiger partial charge in [0.2, 0.25) is 0 Å². The Kier molecular flexibility index (Phi) is 10.3. The minimum absolute atomic E-state index is 0.113. The van der Waals surface area contributed by atoms with E-state index in [1.54, 1.807) is 37.5 Å². The zero-order valence-corrected chi connectivity index (χ0v) is 16.3. The topological polar surface area (TPSA) is 76.7 Å². The van der Waals surface area contributed by atoms with E-state index >= 15 is 0 Å². The molecular formula is C21H24ClN3O2. The molecule has 0 saturated heterocycles. The van der Waals surface area contributed by atoms with E-state index in [0.29, 0.717) is 29.9 Å². The molecule has 0 heterocycles. The standard InChI is InChI=1S/C21H24ClN3O2/c1-4-6-16(2)15-25-20(23)19(22)12-9-17-7-10-18(11-8-17)21(26)24-13-5-14-27-3/h4,6-8,10-11,15H,2,5,13-14,23H2,1,3H3,(H,24,26)/b6-4-,20-19-,25-15?. The molecular weight excluding hydrogens is 362 g/mol. The van der Waals surface area contributed by atoms with Crippen LogP contribution in [0.5, 0.6) is 0 Å². The Balaban J connectivity index is 2.71. The van der Waals surface area contributed by atoms with Gasteiger partial charge in [0.1, 0.15) is 5.03 Å². The maximum Gasteiger partial charge on any atom is 0.251 e. The van der Waals surface area contributed by atoms with Crippen molar-refractivity contribution in [2.45, 2.75) is 13.3 Å². The third-order valence-corrected chi connectivity index (χ3v) is 3.54. The van der Waals surface area contributed by atoms with Crippen molar-refractivity contribution in [1.29, 1.82) is 0 Å². The van der Waals surface area contributed by atoms with Gasteiger partial charge < -0.3 is 15.8 Å². The molecule has 0 aliphatic heterocycles. The number of nitrogens with one attached hydrogen (secondary N) is 1. The average molecular weight is 386 g/mol. The van der Waals surface area contributed by atoms with Gasteiger partial charge in [-0.2, -0.15) is 0 Å². The van der Waals surface area contributed by atoms with Crippen LogP contribution in [0.25, 0.3) is 0 Å².